The van der Waals surface area contributed by atoms with Crippen LogP contribution in [0.5, 0.6) is 5.75 Å². The van der Waals surface area contributed by atoms with Crippen molar-refractivity contribution in [2.75, 3.05) is 13.7 Å². The van der Waals surface area contributed by atoms with Crippen LogP contribution in [0, 0.1) is 6.92 Å². The number of rotatable bonds is 9. The number of guanidine groups is 1. The molecule has 2 aromatic carbocycles. The molecule has 7 nitrogen and oxygen atoms in total. The molecule has 2 aromatic heterocycles. The van der Waals surface area contributed by atoms with Gasteiger partial charge in [0.15, 0.2) is 0 Å². The van der Waals surface area contributed by atoms with Gasteiger partial charge in [-0.2, -0.15) is 5.10 Å². The molecular weight excluding hydrogens is 400 g/mol. The lowest BCUT2D eigenvalue weighted by atomic mass is 10.1. The van der Waals surface area contributed by atoms with E-state index in [1.165, 1.54) is 22.0 Å². The van der Waals surface area contributed by atoms with Gasteiger partial charge in [-0.15, -0.1) is 0 Å². The van der Waals surface area contributed by atoms with Crippen molar-refractivity contribution in [1.82, 2.24) is 15.4 Å². The number of aromatic amines is 2. The number of unbranched alkanes of at least 4 members (excludes halogenated alkanes) is 1. The fourth-order valence-corrected chi connectivity index (χ4v) is 4.03. The summed E-state index contributed by atoms with van der Waals surface area (Å²) in [4.78, 5) is 11.1. The van der Waals surface area contributed by atoms with Gasteiger partial charge in [0.1, 0.15) is 5.75 Å². The molecule has 0 amide bonds. The SMILES string of the molecule is COc1ccc2[nH]c(C)c(CCN=C(N)N/N=C/CCCc3c[nH]c4ccccc34)c2c1. The van der Waals surface area contributed by atoms with Crippen molar-refractivity contribution < 1.29 is 4.74 Å². The molecule has 32 heavy (non-hydrogen) atoms. The number of benzene rings is 2. The molecule has 5 N–H and O–H groups in total. The number of nitrogens with one attached hydrogen (secondary N) is 3. The van der Waals surface area contributed by atoms with E-state index in [1.54, 1.807) is 7.11 Å². The molecule has 0 aliphatic rings. The Kier molecular flexibility index (Phi) is 6.75. The normalized spacial score (nSPS) is 12.2. The van der Waals surface area contributed by atoms with Crippen LogP contribution in [-0.4, -0.2) is 35.8 Å². The van der Waals surface area contributed by atoms with Gasteiger partial charge < -0.3 is 20.4 Å². The zero-order chi connectivity index (χ0) is 22.3. The largest absolute Gasteiger partial charge is 0.497 e. The third-order valence-electron chi connectivity index (χ3n) is 5.70. The minimum atomic E-state index is 0.327. The summed E-state index contributed by atoms with van der Waals surface area (Å²) >= 11 is 0. The maximum absolute atomic E-state index is 5.96. The van der Waals surface area contributed by atoms with Crippen LogP contribution in [0.25, 0.3) is 21.8 Å². The molecule has 2 heterocycles. The second-order valence-corrected chi connectivity index (χ2v) is 7.83. The number of ether oxygens (including phenoxy) is 1. The van der Waals surface area contributed by atoms with Gasteiger partial charge in [0, 0.05) is 46.5 Å². The van der Waals surface area contributed by atoms with Crippen molar-refractivity contribution in [2.24, 2.45) is 15.8 Å². The number of H-pyrrole nitrogens is 2. The van der Waals surface area contributed by atoms with Crippen LogP contribution in [0.15, 0.2) is 58.8 Å². The predicted octanol–water partition coefficient (Wildman–Crippen LogP) is 4.42. The molecule has 0 atom stereocenters. The molecule has 0 fully saturated rings. The van der Waals surface area contributed by atoms with E-state index in [0.717, 1.165) is 48.0 Å². The Morgan fingerprint density at radius 2 is 2.00 bits per heavy atom. The standard InChI is InChI=1S/C25H30N6O/c1-17-20(22-15-19(32-2)10-11-24(22)30-17)12-14-27-25(26)31-29-13-6-5-7-18-16-28-23-9-4-3-8-21(18)23/h3-4,8-11,13,15-16,28,30H,5-7,12,14H2,1-2H3,(H3,26,27,31)/b29-13+. The number of aromatic nitrogens is 2. The van der Waals surface area contributed by atoms with Gasteiger partial charge in [0.2, 0.25) is 5.96 Å². The Balaban J connectivity index is 1.23. The predicted molar refractivity (Wildman–Crippen MR) is 133 cm³/mol. The van der Waals surface area contributed by atoms with E-state index < -0.39 is 0 Å². The highest BCUT2D eigenvalue weighted by atomic mass is 16.5. The van der Waals surface area contributed by atoms with Crippen LogP contribution < -0.4 is 15.9 Å². The molecule has 0 bridgehead atoms. The second kappa shape index (κ2) is 10.0. The van der Waals surface area contributed by atoms with Crippen LogP contribution in [0.3, 0.4) is 0 Å². The Bertz CT molecular complexity index is 1250. The summed E-state index contributed by atoms with van der Waals surface area (Å²) in [5, 5.41) is 6.65. The van der Waals surface area contributed by atoms with E-state index in [2.05, 4.69) is 62.9 Å². The summed E-state index contributed by atoms with van der Waals surface area (Å²) in [6.07, 6.45) is 7.64. The highest BCUT2D eigenvalue weighted by molar-refractivity contribution is 5.86. The van der Waals surface area contributed by atoms with Crippen LogP contribution >= 0.6 is 0 Å². The van der Waals surface area contributed by atoms with Gasteiger partial charge in [0.05, 0.1) is 7.11 Å². The van der Waals surface area contributed by atoms with Gasteiger partial charge in [-0.3, -0.25) is 4.99 Å². The molecule has 0 saturated heterocycles. The Labute approximate surface area is 187 Å². The molecule has 0 aliphatic carbocycles. The molecule has 166 valence electrons. The fourth-order valence-electron chi connectivity index (χ4n) is 4.03. The third kappa shape index (κ3) is 4.94. The van der Waals surface area contributed by atoms with Crippen molar-refractivity contribution in [3.05, 3.63) is 65.5 Å². The number of hydrogen-bond donors (Lipinski definition) is 4. The summed E-state index contributed by atoms with van der Waals surface area (Å²) in [6.45, 7) is 2.66. The molecular formula is C25H30N6O. The summed E-state index contributed by atoms with van der Waals surface area (Å²) in [7, 11) is 1.68. The van der Waals surface area contributed by atoms with E-state index in [0.29, 0.717) is 12.5 Å². The first-order valence-electron chi connectivity index (χ1n) is 10.9. The average Bonchev–Trinajstić information content (AvgIpc) is 3.36. The van der Waals surface area contributed by atoms with Gasteiger partial charge in [-0.1, -0.05) is 18.2 Å². The topological polar surface area (TPSA) is 104 Å². The van der Waals surface area contributed by atoms with E-state index >= 15 is 0 Å². The average molecular weight is 431 g/mol. The second-order valence-electron chi connectivity index (χ2n) is 7.83. The number of aryl methyl sites for hydroxylation is 2. The Hall–Kier alpha value is -3.74. The summed E-state index contributed by atoms with van der Waals surface area (Å²) in [5.74, 6) is 1.18. The van der Waals surface area contributed by atoms with Crippen LogP contribution in [0.2, 0.25) is 0 Å². The highest BCUT2D eigenvalue weighted by Gasteiger charge is 2.09. The molecule has 0 spiro atoms. The number of para-hydroxylation sites is 1. The maximum Gasteiger partial charge on any atom is 0.209 e. The van der Waals surface area contributed by atoms with Crippen LogP contribution in [0.4, 0.5) is 0 Å². The zero-order valence-electron chi connectivity index (χ0n) is 18.6. The lowest BCUT2D eigenvalue weighted by molar-refractivity contribution is 0.415. The first-order chi connectivity index (χ1) is 15.7. The number of nitrogens with two attached hydrogens (primary N) is 1. The molecule has 0 aliphatic heterocycles. The monoisotopic (exact) mass is 430 g/mol. The first kappa shape index (κ1) is 21.5. The molecule has 4 aromatic rings. The van der Waals surface area contributed by atoms with Crippen molar-refractivity contribution in [1.29, 1.82) is 0 Å². The van der Waals surface area contributed by atoms with Crippen molar-refractivity contribution in [3.63, 3.8) is 0 Å². The molecule has 0 radical (unpaired) electrons. The number of aliphatic imine (C=N–C) groups is 1. The van der Waals surface area contributed by atoms with Crippen molar-refractivity contribution in [3.8, 4) is 5.75 Å². The molecule has 7 heteroatoms. The molecule has 4 rings (SSSR count). The zero-order valence-corrected chi connectivity index (χ0v) is 18.6. The van der Waals surface area contributed by atoms with Crippen LogP contribution in [-0.2, 0) is 12.8 Å². The number of hydrogen-bond acceptors (Lipinski definition) is 3. The quantitative estimate of drug-likeness (QED) is 0.137. The Morgan fingerprint density at radius 3 is 2.88 bits per heavy atom. The summed E-state index contributed by atoms with van der Waals surface area (Å²) < 4.78 is 5.35. The maximum atomic E-state index is 5.96. The number of methoxy groups -OCH3 is 1. The van der Waals surface area contributed by atoms with Gasteiger partial charge in [0.25, 0.3) is 0 Å². The minimum absolute atomic E-state index is 0.327. The van der Waals surface area contributed by atoms with E-state index in [1.807, 2.05) is 24.4 Å². The number of hydrazone groups is 1. The first-order valence-corrected chi connectivity index (χ1v) is 10.9. The van der Waals surface area contributed by atoms with E-state index in [-0.39, 0.29) is 0 Å². The third-order valence-corrected chi connectivity index (χ3v) is 5.70. The van der Waals surface area contributed by atoms with Gasteiger partial charge in [-0.25, -0.2) is 5.43 Å². The lowest BCUT2D eigenvalue weighted by Crippen LogP contribution is -2.27. The smallest absolute Gasteiger partial charge is 0.209 e. The molecule has 0 unspecified atom stereocenters. The fraction of sp³-hybridized carbons (Fsp3) is 0.280. The summed E-state index contributed by atoms with van der Waals surface area (Å²) in [5.41, 5.74) is 14.8. The van der Waals surface area contributed by atoms with Gasteiger partial charge in [-0.05, 0) is 68.0 Å². The highest BCUT2D eigenvalue weighted by Crippen LogP contribution is 2.26. The van der Waals surface area contributed by atoms with Crippen molar-refractivity contribution in [2.45, 2.75) is 32.6 Å². The van der Waals surface area contributed by atoms with Crippen molar-refractivity contribution >= 4 is 34.0 Å². The molecule has 0 saturated carbocycles. The van der Waals surface area contributed by atoms with Crippen LogP contribution in [0.1, 0.15) is 29.7 Å². The van der Waals surface area contributed by atoms with Gasteiger partial charge >= 0.3 is 0 Å². The lowest BCUT2D eigenvalue weighted by Gasteiger charge is -2.03. The number of fused-ring (bicyclic) bond motifs is 2. The number of nitrogens with zero attached hydrogens (tertiary/aromatic N) is 2. The Morgan fingerprint density at radius 1 is 1.12 bits per heavy atom. The minimum Gasteiger partial charge on any atom is -0.497 e. The summed E-state index contributed by atoms with van der Waals surface area (Å²) in [6, 6.07) is 14.4. The van der Waals surface area contributed by atoms with E-state index in [4.69, 9.17) is 10.5 Å². The van der Waals surface area contributed by atoms with E-state index in [9.17, 15) is 0 Å².